The Labute approximate surface area is 129 Å². The lowest BCUT2D eigenvalue weighted by atomic mass is 10.1. The van der Waals surface area contributed by atoms with Crippen LogP contribution in [0.2, 0.25) is 0 Å². The van der Waals surface area contributed by atoms with E-state index in [9.17, 15) is 4.79 Å². The molecular weight excluding hydrogens is 270 g/mol. The summed E-state index contributed by atoms with van der Waals surface area (Å²) >= 11 is 0. The molecule has 0 fully saturated rings. The minimum atomic E-state index is 0.135. The van der Waals surface area contributed by atoms with Crippen LogP contribution >= 0.6 is 0 Å². The van der Waals surface area contributed by atoms with Crippen molar-refractivity contribution in [2.45, 2.75) is 40.0 Å². The average molecular weight is 303 g/mol. The van der Waals surface area contributed by atoms with E-state index in [4.69, 9.17) is 14.2 Å². The van der Waals surface area contributed by atoms with Gasteiger partial charge < -0.3 is 19.1 Å². The van der Waals surface area contributed by atoms with Crippen LogP contribution in [0, 0.1) is 5.92 Å². The Kier molecular flexibility index (Phi) is 13.9. The molecule has 0 aliphatic rings. The van der Waals surface area contributed by atoms with Crippen LogP contribution in [0.25, 0.3) is 0 Å². The molecule has 5 nitrogen and oxygen atoms in total. The fourth-order valence-electron chi connectivity index (χ4n) is 1.67. The molecule has 21 heavy (non-hydrogen) atoms. The molecule has 0 radical (unpaired) electrons. The number of amides is 1. The van der Waals surface area contributed by atoms with E-state index in [1.807, 2.05) is 7.05 Å². The summed E-state index contributed by atoms with van der Waals surface area (Å²) in [5.74, 6) is 0.815. The highest BCUT2D eigenvalue weighted by Crippen LogP contribution is 1.98. The van der Waals surface area contributed by atoms with Gasteiger partial charge in [-0.25, -0.2) is 0 Å². The zero-order valence-corrected chi connectivity index (χ0v) is 14.2. The average Bonchev–Trinajstić information content (AvgIpc) is 2.44. The quantitative estimate of drug-likeness (QED) is 0.462. The van der Waals surface area contributed by atoms with Gasteiger partial charge >= 0.3 is 0 Å². The van der Waals surface area contributed by atoms with Gasteiger partial charge in [0.05, 0.1) is 39.5 Å². The Morgan fingerprint density at radius 3 is 2.00 bits per heavy atom. The summed E-state index contributed by atoms with van der Waals surface area (Å²) in [7, 11) is 1.83. The summed E-state index contributed by atoms with van der Waals surface area (Å²) < 4.78 is 16.2. The van der Waals surface area contributed by atoms with Crippen molar-refractivity contribution in [1.29, 1.82) is 0 Å². The van der Waals surface area contributed by atoms with Crippen LogP contribution in [0.5, 0.6) is 0 Å². The van der Waals surface area contributed by atoms with Gasteiger partial charge in [-0.2, -0.15) is 0 Å². The molecule has 0 bridgehead atoms. The van der Waals surface area contributed by atoms with Crippen molar-refractivity contribution >= 4 is 5.91 Å². The molecule has 0 atom stereocenters. The molecule has 0 aromatic heterocycles. The third-order valence-electron chi connectivity index (χ3n) is 3.03. The summed E-state index contributed by atoms with van der Waals surface area (Å²) in [6, 6.07) is 0. The van der Waals surface area contributed by atoms with Crippen LogP contribution in [0.1, 0.15) is 40.0 Å². The molecule has 0 saturated carbocycles. The Balaban J connectivity index is 3.20. The second-order valence-corrected chi connectivity index (χ2v) is 5.58. The minimum Gasteiger partial charge on any atom is -0.379 e. The lowest BCUT2D eigenvalue weighted by Crippen LogP contribution is -2.28. The van der Waals surface area contributed by atoms with Gasteiger partial charge in [-0.15, -0.1) is 0 Å². The monoisotopic (exact) mass is 303 g/mol. The molecule has 0 aliphatic carbocycles. The SMILES string of the molecule is CCCN(C)C(=O)CCOCCOCCOCCC(C)C. The largest absolute Gasteiger partial charge is 0.379 e. The first-order chi connectivity index (χ1) is 10.1. The maximum atomic E-state index is 11.6. The lowest BCUT2D eigenvalue weighted by molar-refractivity contribution is -0.131. The van der Waals surface area contributed by atoms with E-state index < -0.39 is 0 Å². The van der Waals surface area contributed by atoms with E-state index in [1.54, 1.807) is 4.90 Å². The number of ether oxygens (including phenoxy) is 3. The van der Waals surface area contributed by atoms with Crippen LogP contribution < -0.4 is 0 Å². The smallest absolute Gasteiger partial charge is 0.224 e. The highest BCUT2D eigenvalue weighted by Gasteiger charge is 2.06. The first kappa shape index (κ1) is 20.3. The Bertz CT molecular complexity index is 246. The molecule has 0 spiro atoms. The van der Waals surface area contributed by atoms with E-state index in [-0.39, 0.29) is 5.91 Å². The Hall–Kier alpha value is -0.650. The topological polar surface area (TPSA) is 48.0 Å². The number of rotatable bonds is 14. The van der Waals surface area contributed by atoms with Gasteiger partial charge in [-0.3, -0.25) is 4.79 Å². The standard InChI is InChI=1S/C16H33NO4/c1-5-8-17(4)16(18)7-10-20-12-14-21-13-11-19-9-6-15(2)3/h15H,5-14H2,1-4H3. The highest BCUT2D eigenvalue weighted by atomic mass is 16.5. The molecule has 1 amide bonds. The van der Waals surface area contributed by atoms with Crippen molar-refractivity contribution in [3.05, 3.63) is 0 Å². The molecule has 5 heteroatoms. The number of hydrogen-bond donors (Lipinski definition) is 0. The maximum absolute atomic E-state index is 11.6. The number of carbonyl (C=O) groups is 1. The van der Waals surface area contributed by atoms with Gasteiger partial charge in [0.25, 0.3) is 0 Å². The van der Waals surface area contributed by atoms with E-state index in [0.29, 0.717) is 45.4 Å². The first-order valence-corrected chi connectivity index (χ1v) is 8.05. The molecule has 0 rings (SSSR count). The molecule has 126 valence electrons. The van der Waals surface area contributed by atoms with Gasteiger partial charge in [0.2, 0.25) is 5.91 Å². The number of carbonyl (C=O) groups excluding carboxylic acids is 1. The van der Waals surface area contributed by atoms with Crippen molar-refractivity contribution in [2.24, 2.45) is 5.92 Å². The van der Waals surface area contributed by atoms with Crippen molar-refractivity contribution in [3.8, 4) is 0 Å². The highest BCUT2D eigenvalue weighted by molar-refractivity contribution is 5.75. The fourth-order valence-corrected chi connectivity index (χ4v) is 1.67. The molecule has 0 aromatic carbocycles. The third-order valence-corrected chi connectivity index (χ3v) is 3.03. The summed E-state index contributed by atoms with van der Waals surface area (Å²) in [6.45, 7) is 10.8. The predicted octanol–water partition coefficient (Wildman–Crippen LogP) is 2.34. The van der Waals surface area contributed by atoms with Crippen molar-refractivity contribution in [1.82, 2.24) is 4.90 Å². The van der Waals surface area contributed by atoms with Crippen LogP contribution in [0.15, 0.2) is 0 Å². The Morgan fingerprint density at radius 1 is 0.952 bits per heavy atom. The van der Waals surface area contributed by atoms with Crippen LogP contribution in [-0.4, -0.2) is 64.0 Å². The molecular formula is C16H33NO4. The lowest BCUT2D eigenvalue weighted by Gasteiger charge is -2.15. The van der Waals surface area contributed by atoms with Gasteiger partial charge in [0, 0.05) is 20.2 Å². The van der Waals surface area contributed by atoms with Crippen LogP contribution in [0.4, 0.5) is 0 Å². The molecule has 0 unspecified atom stereocenters. The number of nitrogens with zero attached hydrogens (tertiary/aromatic N) is 1. The van der Waals surface area contributed by atoms with Crippen LogP contribution in [-0.2, 0) is 19.0 Å². The molecule has 0 aliphatic heterocycles. The summed E-state index contributed by atoms with van der Waals surface area (Å²) in [4.78, 5) is 13.4. The van der Waals surface area contributed by atoms with Gasteiger partial charge in [0.15, 0.2) is 0 Å². The van der Waals surface area contributed by atoms with Gasteiger partial charge in [-0.05, 0) is 18.8 Å². The van der Waals surface area contributed by atoms with Gasteiger partial charge in [-0.1, -0.05) is 20.8 Å². The van der Waals surface area contributed by atoms with Crippen LogP contribution in [0.3, 0.4) is 0 Å². The predicted molar refractivity (Wildman–Crippen MR) is 84.5 cm³/mol. The second kappa shape index (κ2) is 14.3. The normalized spacial score (nSPS) is 11.1. The molecule has 0 N–H and O–H groups in total. The van der Waals surface area contributed by atoms with Crippen molar-refractivity contribution in [2.75, 3.05) is 53.2 Å². The summed E-state index contributed by atoms with van der Waals surface area (Å²) in [5, 5.41) is 0. The molecule has 0 saturated heterocycles. The molecule has 0 heterocycles. The number of hydrogen-bond acceptors (Lipinski definition) is 4. The Morgan fingerprint density at radius 2 is 1.48 bits per heavy atom. The van der Waals surface area contributed by atoms with E-state index >= 15 is 0 Å². The summed E-state index contributed by atoms with van der Waals surface area (Å²) in [6.07, 6.45) is 2.51. The first-order valence-electron chi connectivity index (χ1n) is 8.05. The summed E-state index contributed by atoms with van der Waals surface area (Å²) in [5.41, 5.74) is 0. The van der Waals surface area contributed by atoms with E-state index in [2.05, 4.69) is 20.8 Å². The molecule has 0 aromatic rings. The van der Waals surface area contributed by atoms with Gasteiger partial charge in [0.1, 0.15) is 0 Å². The van der Waals surface area contributed by atoms with Crippen molar-refractivity contribution < 1.29 is 19.0 Å². The second-order valence-electron chi connectivity index (χ2n) is 5.58. The van der Waals surface area contributed by atoms with E-state index in [1.165, 1.54) is 0 Å². The van der Waals surface area contributed by atoms with Crippen molar-refractivity contribution in [3.63, 3.8) is 0 Å². The zero-order valence-electron chi connectivity index (χ0n) is 14.2. The zero-order chi connectivity index (χ0) is 15.9. The minimum absolute atomic E-state index is 0.135. The fraction of sp³-hybridized carbons (Fsp3) is 0.938. The van der Waals surface area contributed by atoms with E-state index in [0.717, 1.165) is 26.0 Å². The maximum Gasteiger partial charge on any atom is 0.224 e. The third kappa shape index (κ3) is 14.1.